The molecule has 1 aromatic carbocycles. The van der Waals surface area contributed by atoms with Crippen molar-refractivity contribution in [3.05, 3.63) is 52.9 Å². The third-order valence-electron chi connectivity index (χ3n) is 7.87. The first-order chi connectivity index (χ1) is 15.7. The summed E-state index contributed by atoms with van der Waals surface area (Å²) in [6.07, 6.45) is 11.0. The van der Waals surface area contributed by atoms with Crippen LogP contribution in [0.25, 0.3) is 11.0 Å². The van der Waals surface area contributed by atoms with Gasteiger partial charge in [0.2, 0.25) is 5.95 Å². The largest absolute Gasteiger partial charge is 0.372 e. The van der Waals surface area contributed by atoms with Crippen LogP contribution in [0, 0.1) is 17.8 Å². The van der Waals surface area contributed by atoms with Crippen molar-refractivity contribution in [2.75, 3.05) is 23.3 Å². The van der Waals surface area contributed by atoms with E-state index in [1.807, 2.05) is 16.8 Å². The van der Waals surface area contributed by atoms with Crippen LogP contribution in [0.15, 0.2) is 47.4 Å². The fourth-order valence-corrected chi connectivity index (χ4v) is 6.18. The summed E-state index contributed by atoms with van der Waals surface area (Å²) in [5.74, 6) is 2.79. The maximum absolute atomic E-state index is 12.8. The zero-order valence-electron chi connectivity index (χ0n) is 18.5. The van der Waals surface area contributed by atoms with Gasteiger partial charge in [-0.25, -0.2) is 4.98 Å². The molecular weight excluding hydrogens is 398 g/mol. The molecule has 3 aliphatic rings. The first-order valence-corrected chi connectivity index (χ1v) is 12.2. The third-order valence-corrected chi connectivity index (χ3v) is 7.87. The lowest BCUT2D eigenvalue weighted by molar-refractivity contribution is 0.295. The van der Waals surface area contributed by atoms with Crippen LogP contribution in [0.2, 0.25) is 0 Å². The van der Waals surface area contributed by atoms with E-state index in [9.17, 15) is 4.79 Å². The number of benzene rings is 1. The molecule has 1 aliphatic heterocycles. The number of nitrogens with one attached hydrogen (secondary N) is 1. The van der Waals surface area contributed by atoms with E-state index in [1.165, 1.54) is 50.6 Å². The van der Waals surface area contributed by atoms with Gasteiger partial charge in [-0.2, -0.15) is 4.98 Å². The number of rotatable bonds is 5. The Morgan fingerprint density at radius 1 is 0.969 bits per heavy atom. The minimum absolute atomic E-state index is 0.0378. The molecule has 1 saturated heterocycles. The highest BCUT2D eigenvalue weighted by Gasteiger charge is 2.39. The van der Waals surface area contributed by atoms with Gasteiger partial charge >= 0.3 is 0 Å². The molecule has 0 radical (unpaired) electrons. The number of fused-ring (bicyclic) bond motifs is 3. The van der Waals surface area contributed by atoms with Crippen molar-refractivity contribution in [2.45, 2.75) is 51.5 Å². The monoisotopic (exact) mass is 429 g/mol. The molecule has 3 atom stereocenters. The molecule has 0 amide bonds. The van der Waals surface area contributed by atoms with Gasteiger partial charge in [-0.05, 0) is 86.6 Å². The first-order valence-electron chi connectivity index (χ1n) is 12.2. The second-order valence-corrected chi connectivity index (χ2v) is 9.91. The van der Waals surface area contributed by atoms with E-state index in [-0.39, 0.29) is 5.56 Å². The van der Waals surface area contributed by atoms with Gasteiger partial charge in [0.25, 0.3) is 5.56 Å². The molecule has 2 aliphatic carbocycles. The normalized spacial score (nSPS) is 24.9. The summed E-state index contributed by atoms with van der Waals surface area (Å²) in [6.45, 7) is 3.06. The standard InChI is InChI=1S/C26H31N5O/c32-24-11-6-20-16-27-26(28-22-7-9-23(10-8-22)30-12-2-1-3-13-30)29-25(20)31(24)17-21-15-18-4-5-19(21)14-18/h6-11,16,18-19,21H,1-5,12-15,17H2,(H,27,28,29). The smallest absolute Gasteiger partial charge is 0.252 e. The van der Waals surface area contributed by atoms with Crippen LogP contribution in [-0.4, -0.2) is 27.6 Å². The fraction of sp³-hybridized carbons (Fsp3) is 0.500. The summed E-state index contributed by atoms with van der Waals surface area (Å²) in [5.41, 5.74) is 3.01. The van der Waals surface area contributed by atoms with Crippen LogP contribution in [0.1, 0.15) is 44.9 Å². The number of pyridine rings is 1. The number of anilines is 3. The predicted octanol–water partition coefficient (Wildman–Crippen LogP) is 4.96. The van der Waals surface area contributed by atoms with Crippen LogP contribution in [0.5, 0.6) is 0 Å². The summed E-state index contributed by atoms with van der Waals surface area (Å²) < 4.78 is 1.88. The summed E-state index contributed by atoms with van der Waals surface area (Å²) in [6, 6.07) is 12.0. The lowest BCUT2D eigenvalue weighted by Gasteiger charge is -2.28. The molecule has 3 fully saturated rings. The van der Waals surface area contributed by atoms with Gasteiger partial charge in [-0.15, -0.1) is 0 Å². The van der Waals surface area contributed by atoms with Gasteiger partial charge < -0.3 is 10.2 Å². The summed E-state index contributed by atoms with van der Waals surface area (Å²) in [7, 11) is 0. The maximum atomic E-state index is 12.8. The Kier molecular flexibility index (Phi) is 5.08. The highest BCUT2D eigenvalue weighted by molar-refractivity contribution is 5.75. The quantitative estimate of drug-likeness (QED) is 0.621. The Hall–Kier alpha value is -2.89. The second-order valence-electron chi connectivity index (χ2n) is 9.91. The molecule has 2 bridgehead atoms. The summed E-state index contributed by atoms with van der Waals surface area (Å²) >= 11 is 0. The highest BCUT2D eigenvalue weighted by Crippen LogP contribution is 2.48. The molecule has 166 valence electrons. The van der Waals surface area contributed by atoms with Gasteiger partial charge in [0, 0.05) is 48.7 Å². The van der Waals surface area contributed by atoms with Crippen molar-refractivity contribution in [3.8, 4) is 0 Å². The molecular formula is C26H31N5O. The minimum atomic E-state index is 0.0378. The van der Waals surface area contributed by atoms with Crippen molar-refractivity contribution >= 4 is 28.4 Å². The van der Waals surface area contributed by atoms with Gasteiger partial charge in [0.15, 0.2) is 0 Å². The van der Waals surface area contributed by atoms with Crippen molar-refractivity contribution in [2.24, 2.45) is 17.8 Å². The number of hydrogen-bond donors (Lipinski definition) is 1. The zero-order valence-corrected chi connectivity index (χ0v) is 18.5. The molecule has 6 rings (SSSR count). The van der Waals surface area contributed by atoms with Crippen molar-refractivity contribution in [1.82, 2.24) is 14.5 Å². The molecule has 6 nitrogen and oxygen atoms in total. The van der Waals surface area contributed by atoms with E-state index in [0.29, 0.717) is 11.9 Å². The van der Waals surface area contributed by atoms with Crippen molar-refractivity contribution < 1.29 is 0 Å². The maximum Gasteiger partial charge on any atom is 0.252 e. The van der Waals surface area contributed by atoms with Crippen LogP contribution >= 0.6 is 0 Å². The van der Waals surface area contributed by atoms with E-state index >= 15 is 0 Å². The van der Waals surface area contributed by atoms with Crippen LogP contribution in [0.3, 0.4) is 0 Å². The second kappa shape index (κ2) is 8.23. The predicted molar refractivity (Wildman–Crippen MR) is 129 cm³/mol. The molecule has 1 N–H and O–H groups in total. The molecule has 6 heteroatoms. The van der Waals surface area contributed by atoms with Gasteiger partial charge in [-0.3, -0.25) is 9.36 Å². The van der Waals surface area contributed by atoms with E-state index in [2.05, 4.69) is 39.5 Å². The van der Waals surface area contributed by atoms with Gasteiger partial charge in [0.05, 0.1) is 0 Å². The van der Waals surface area contributed by atoms with Crippen LogP contribution < -0.4 is 15.8 Å². The molecule has 2 aromatic heterocycles. The SMILES string of the molecule is O=c1ccc2cnc(Nc3ccc(N4CCCCC4)cc3)nc2n1CC1CC2CCC1C2. The van der Waals surface area contributed by atoms with E-state index in [4.69, 9.17) is 4.98 Å². The number of hydrogen-bond acceptors (Lipinski definition) is 5. The molecule has 3 heterocycles. The van der Waals surface area contributed by atoms with E-state index in [1.54, 1.807) is 6.07 Å². The molecule has 3 aromatic rings. The lowest BCUT2D eigenvalue weighted by atomic mass is 9.89. The molecule has 3 unspecified atom stereocenters. The Morgan fingerprint density at radius 3 is 2.56 bits per heavy atom. The zero-order chi connectivity index (χ0) is 21.5. The number of aromatic nitrogens is 3. The Bertz CT molecular complexity index is 1170. The first kappa shape index (κ1) is 19.8. The fourth-order valence-electron chi connectivity index (χ4n) is 6.18. The highest BCUT2D eigenvalue weighted by atomic mass is 16.1. The summed E-state index contributed by atoms with van der Waals surface area (Å²) in [4.78, 5) is 24.5. The molecule has 0 spiro atoms. The van der Waals surface area contributed by atoms with Crippen LogP contribution in [-0.2, 0) is 6.54 Å². The van der Waals surface area contributed by atoms with E-state index < -0.39 is 0 Å². The van der Waals surface area contributed by atoms with Crippen LogP contribution in [0.4, 0.5) is 17.3 Å². The average Bonchev–Trinajstić information content (AvgIpc) is 3.46. The molecule has 32 heavy (non-hydrogen) atoms. The van der Waals surface area contributed by atoms with Crippen molar-refractivity contribution in [3.63, 3.8) is 0 Å². The average molecular weight is 430 g/mol. The lowest BCUT2D eigenvalue weighted by Crippen LogP contribution is -2.29. The third kappa shape index (κ3) is 3.76. The minimum Gasteiger partial charge on any atom is -0.372 e. The summed E-state index contributed by atoms with van der Waals surface area (Å²) in [5, 5.41) is 4.25. The van der Waals surface area contributed by atoms with Gasteiger partial charge in [0.1, 0.15) is 5.65 Å². The van der Waals surface area contributed by atoms with E-state index in [0.717, 1.165) is 48.2 Å². The van der Waals surface area contributed by atoms with Gasteiger partial charge in [-0.1, -0.05) is 6.42 Å². The molecule has 2 saturated carbocycles. The number of piperidine rings is 1. The Balaban J connectivity index is 1.24. The Labute approximate surface area is 188 Å². The topological polar surface area (TPSA) is 63.1 Å². The number of nitrogens with zero attached hydrogens (tertiary/aromatic N) is 4. The Morgan fingerprint density at radius 2 is 1.81 bits per heavy atom. The van der Waals surface area contributed by atoms with Crippen molar-refractivity contribution in [1.29, 1.82) is 0 Å².